The molecule has 0 aliphatic carbocycles. The van der Waals surface area contributed by atoms with Crippen molar-refractivity contribution in [2.24, 2.45) is 0 Å². The molecule has 2 aromatic rings. The molecule has 1 amide bonds. The van der Waals surface area contributed by atoms with E-state index in [0.29, 0.717) is 11.3 Å². The molecule has 0 spiro atoms. The minimum atomic E-state index is -0.559. The Hall–Kier alpha value is -3.33. The summed E-state index contributed by atoms with van der Waals surface area (Å²) in [5.41, 5.74) is 2.99. The molecule has 140 valence electrons. The summed E-state index contributed by atoms with van der Waals surface area (Å²) in [4.78, 5) is 28.2. The second-order valence-electron chi connectivity index (χ2n) is 6.31. The summed E-state index contributed by atoms with van der Waals surface area (Å²) in [6, 6.07) is 16.4. The van der Waals surface area contributed by atoms with Crippen LogP contribution >= 0.6 is 0 Å². The van der Waals surface area contributed by atoms with Crippen molar-refractivity contribution >= 4 is 23.3 Å². The summed E-state index contributed by atoms with van der Waals surface area (Å²) in [6.07, 6.45) is 0.193. The molecule has 0 bridgehead atoms. The summed E-state index contributed by atoms with van der Waals surface area (Å²) in [5.74, 6) is -0.928. The molecule has 6 nitrogen and oxygen atoms in total. The first-order valence-electron chi connectivity index (χ1n) is 8.61. The zero-order valence-electron chi connectivity index (χ0n) is 15.8. The van der Waals surface area contributed by atoms with Gasteiger partial charge in [0.05, 0.1) is 18.1 Å². The van der Waals surface area contributed by atoms with Crippen LogP contribution in [0.25, 0.3) is 0 Å². The van der Waals surface area contributed by atoms with E-state index in [4.69, 9.17) is 10.00 Å². The summed E-state index contributed by atoms with van der Waals surface area (Å²) in [5, 5.41) is 8.85. The van der Waals surface area contributed by atoms with Crippen LogP contribution in [0.1, 0.15) is 22.3 Å². The molecular formula is C21H23N3O3. The van der Waals surface area contributed by atoms with Crippen LogP contribution in [0.2, 0.25) is 0 Å². The molecule has 0 aromatic heterocycles. The van der Waals surface area contributed by atoms with Crippen molar-refractivity contribution < 1.29 is 14.3 Å². The maximum absolute atomic E-state index is 12.6. The Morgan fingerprint density at radius 3 is 2.41 bits per heavy atom. The molecule has 2 rings (SSSR count). The van der Waals surface area contributed by atoms with Gasteiger partial charge in [-0.15, -0.1) is 0 Å². The number of ether oxygens (including phenoxy) is 1. The van der Waals surface area contributed by atoms with Gasteiger partial charge in [-0.25, -0.2) is 4.79 Å². The molecule has 27 heavy (non-hydrogen) atoms. The monoisotopic (exact) mass is 365 g/mol. The Morgan fingerprint density at radius 1 is 1.07 bits per heavy atom. The predicted octanol–water partition coefficient (Wildman–Crippen LogP) is 3.16. The van der Waals surface area contributed by atoms with Gasteiger partial charge in [-0.1, -0.05) is 23.8 Å². The lowest BCUT2D eigenvalue weighted by molar-refractivity contribution is -0.121. The zero-order chi connectivity index (χ0) is 19.8. The SMILES string of the molecule is Cc1ccc(N(CCC#N)C(=O)COC(=O)c2cccc(N(C)C)c2)cc1. The molecule has 0 radical (unpaired) electrons. The van der Waals surface area contributed by atoms with Crippen LogP contribution < -0.4 is 9.80 Å². The third kappa shape index (κ3) is 5.58. The van der Waals surface area contributed by atoms with Crippen molar-refractivity contribution in [3.8, 4) is 6.07 Å². The number of carbonyl (C=O) groups excluding carboxylic acids is 2. The van der Waals surface area contributed by atoms with Crippen molar-refractivity contribution in [3.63, 3.8) is 0 Å². The number of hydrogen-bond acceptors (Lipinski definition) is 5. The molecule has 6 heteroatoms. The van der Waals surface area contributed by atoms with Crippen LogP contribution in [0, 0.1) is 18.3 Å². The van der Waals surface area contributed by atoms with E-state index in [1.807, 2.05) is 62.3 Å². The van der Waals surface area contributed by atoms with Gasteiger partial charge in [-0.05, 0) is 37.3 Å². The first kappa shape index (κ1) is 20.0. The van der Waals surface area contributed by atoms with Gasteiger partial charge in [-0.3, -0.25) is 4.79 Å². The van der Waals surface area contributed by atoms with E-state index in [-0.39, 0.29) is 25.5 Å². The predicted molar refractivity (Wildman–Crippen MR) is 105 cm³/mol. The van der Waals surface area contributed by atoms with E-state index in [1.54, 1.807) is 18.2 Å². The smallest absolute Gasteiger partial charge is 0.338 e. The number of nitrogens with zero attached hydrogens (tertiary/aromatic N) is 3. The molecule has 0 atom stereocenters. The topological polar surface area (TPSA) is 73.6 Å². The molecule has 0 saturated carbocycles. The number of anilines is 2. The van der Waals surface area contributed by atoms with Gasteiger partial charge in [0, 0.05) is 32.0 Å². The number of rotatable bonds is 7. The first-order chi connectivity index (χ1) is 12.9. The molecule has 0 aliphatic rings. The van der Waals surface area contributed by atoms with Gasteiger partial charge >= 0.3 is 5.97 Å². The van der Waals surface area contributed by atoms with Crippen molar-refractivity contribution in [1.82, 2.24) is 0 Å². The molecule has 2 aromatic carbocycles. The highest BCUT2D eigenvalue weighted by atomic mass is 16.5. The fraction of sp³-hybridized carbons (Fsp3) is 0.286. The van der Waals surface area contributed by atoms with Gasteiger partial charge in [-0.2, -0.15) is 5.26 Å². The average Bonchev–Trinajstić information content (AvgIpc) is 2.67. The quantitative estimate of drug-likeness (QED) is 0.705. The Morgan fingerprint density at radius 2 is 1.78 bits per heavy atom. The zero-order valence-corrected chi connectivity index (χ0v) is 15.8. The lowest BCUT2D eigenvalue weighted by Crippen LogP contribution is -2.35. The van der Waals surface area contributed by atoms with E-state index in [1.165, 1.54) is 4.90 Å². The first-order valence-corrected chi connectivity index (χ1v) is 8.61. The minimum Gasteiger partial charge on any atom is -0.452 e. The maximum atomic E-state index is 12.6. The lowest BCUT2D eigenvalue weighted by Gasteiger charge is -2.22. The Kier molecular flexibility index (Phi) is 6.95. The van der Waals surface area contributed by atoms with Gasteiger partial charge < -0.3 is 14.5 Å². The number of amides is 1. The van der Waals surface area contributed by atoms with Crippen LogP contribution in [-0.2, 0) is 9.53 Å². The molecule has 0 heterocycles. The highest BCUT2D eigenvalue weighted by molar-refractivity contribution is 5.97. The fourth-order valence-electron chi connectivity index (χ4n) is 2.48. The van der Waals surface area contributed by atoms with Crippen molar-refractivity contribution in [2.45, 2.75) is 13.3 Å². The van der Waals surface area contributed by atoms with Crippen molar-refractivity contribution in [2.75, 3.05) is 37.0 Å². The number of esters is 1. The molecule has 0 fully saturated rings. The minimum absolute atomic E-state index is 0.193. The third-order valence-corrected chi connectivity index (χ3v) is 4.02. The van der Waals surface area contributed by atoms with E-state index in [2.05, 4.69) is 0 Å². The summed E-state index contributed by atoms with van der Waals surface area (Å²) in [6.45, 7) is 1.81. The van der Waals surface area contributed by atoms with Crippen molar-refractivity contribution in [1.29, 1.82) is 5.26 Å². The average molecular weight is 365 g/mol. The summed E-state index contributed by atoms with van der Waals surface area (Å²) < 4.78 is 5.20. The molecule has 0 saturated heterocycles. The van der Waals surface area contributed by atoms with Gasteiger partial charge in [0.2, 0.25) is 0 Å². The molecule has 0 unspecified atom stereocenters. The van der Waals surface area contributed by atoms with Crippen LogP contribution in [0.15, 0.2) is 48.5 Å². The number of benzene rings is 2. The Balaban J connectivity index is 2.06. The Bertz CT molecular complexity index is 838. The van der Waals surface area contributed by atoms with Gasteiger partial charge in [0.25, 0.3) is 5.91 Å². The van der Waals surface area contributed by atoms with Crippen LogP contribution in [0.4, 0.5) is 11.4 Å². The highest BCUT2D eigenvalue weighted by Gasteiger charge is 2.18. The number of hydrogen-bond donors (Lipinski definition) is 0. The highest BCUT2D eigenvalue weighted by Crippen LogP contribution is 2.17. The van der Waals surface area contributed by atoms with Crippen molar-refractivity contribution in [3.05, 3.63) is 59.7 Å². The lowest BCUT2D eigenvalue weighted by atomic mass is 10.2. The van der Waals surface area contributed by atoms with Gasteiger partial charge in [0.15, 0.2) is 6.61 Å². The van der Waals surface area contributed by atoms with E-state index >= 15 is 0 Å². The number of nitriles is 1. The van der Waals surface area contributed by atoms with Gasteiger partial charge in [0.1, 0.15) is 0 Å². The molecule has 0 aliphatic heterocycles. The number of carbonyl (C=O) groups is 2. The summed E-state index contributed by atoms with van der Waals surface area (Å²) >= 11 is 0. The number of aryl methyl sites for hydroxylation is 1. The molecular weight excluding hydrogens is 342 g/mol. The van der Waals surface area contributed by atoms with Crippen LogP contribution in [-0.4, -0.2) is 39.1 Å². The Labute approximate surface area is 159 Å². The normalized spacial score (nSPS) is 10.0. The summed E-state index contributed by atoms with van der Waals surface area (Å²) in [7, 11) is 3.76. The second-order valence-corrected chi connectivity index (χ2v) is 6.31. The van der Waals surface area contributed by atoms with Crippen LogP contribution in [0.3, 0.4) is 0 Å². The van der Waals surface area contributed by atoms with E-state index in [0.717, 1.165) is 11.3 Å². The fourth-order valence-corrected chi connectivity index (χ4v) is 2.48. The van der Waals surface area contributed by atoms with E-state index < -0.39 is 5.97 Å². The standard InChI is InChI=1S/C21H23N3O3/c1-16-8-10-18(11-9-16)24(13-5-12-22)20(25)15-27-21(26)17-6-4-7-19(14-17)23(2)3/h4,6-11,14H,5,13,15H2,1-3H3. The molecule has 0 N–H and O–H groups in total. The second kappa shape index (κ2) is 9.39. The maximum Gasteiger partial charge on any atom is 0.338 e. The van der Waals surface area contributed by atoms with Crippen LogP contribution in [0.5, 0.6) is 0 Å². The van der Waals surface area contributed by atoms with E-state index in [9.17, 15) is 9.59 Å². The third-order valence-electron chi connectivity index (χ3n) is 4.02. The largest absolute Gasteiger partial charge is 0.452 e.